The number of benzene rings is 4. The number of amides is 1. The highest BCUT2D eigenvalue weighted by atomic mass is 19.1. The molecule has 0 saturated heterocycles. The van der Waals surface area contributed by atoms with Gasteiger partial charge in [-0.3, -0.25) is 9.59 Å². The van der Waals surface area contributed by atoms with E-state index in [9.17, 15) is 18.4 Å². The second-order valence-electron chi connectivity index (χ2n) is 8.87. The van der Waals surface area contributed by atoms with Crippen LogP contribution >= 0.6 is 0 Å². The molecule has 4 aromatic carbocycles. The van der Waals surface area contributed by atoms with Gasteiger partial charge in [0.1, 0.15) is 28.8 Å². The van der Waals surface area contributed by atoms with Crippen LogP contribution in [-0.4, -0.2) is 40.4 Å². The average Bonchev–Trinajstić information content (AvgIpc) is 3.36. The molecule has 5 rings (SSSR count). The molecule has 0 aliphatic carbocycles. The molecule has 1 heterocycles. The third kappa shape index (κ3) is 5.91. The molecule has 8 nitrogen and oxygen atoms in total. The molecule has 2 N–H and O–H groups in total. The van der Waals surface area contributed by atoms with Crippen LogP contribution in [0.5, 0.6) is 17.2 Å². The van der Waals surface area contributed by atoms with E-state index in [0.29, 0.717) is 28.3 Å². The van der Waals surface area contributed by atoms with E-state index in [0.717, 1.165) is 34.7 Å². The van der Waals surface area contributed by atoms with E-state index in [1.54, 1.807) is 31.4 Å². The lowest BCUT2D eigenvalue weighted by molar-refractivity contribution is -0.136. The van der Waals surface area contributed by atoms with Gasteiger partial charge in [0.2, 0.25) is 0 Å². The Labute approximate surface area is 227 Å². The van der Waals surface area contributed by atoms with E-state index in [2.05, 4.69) is 10.4 Å². The maximum absolute atomic E-state index is 14.0. The normalized spacial score (nSPS) is 10.9. The molecular formula is C30H23F2N3O5. The van der Waals surface area contributed by atoms with Crippen LogP contribution in [0, 0.1) is 11.6 Å². The summed E-state index contributed by atoms with van der Waals surface area (Å²) in [5, 5.41) is 17.7. The Hall–Kier alpha value is -5.25. The molecule has 5 aromatic rings. The van der Waals surface area contributed by atoms with Crippen LogP contribution in [0.15, 0.2) is 85.1 Å². The number of nitrogens with zero attached hydrogens (tertiary/aromatic N) is 2. The second kappa shape index (κ2) is 11.2. The molecule has 0 bridgehead atoms. The van der Waals surface area contributed by atoms with Gasteiger partial charge in [-0.1, -0.05) is 18.2 Å². The van der Waals surface area contributed by atoms with Gasteiger partial charge in [0.15, 0.2) is 5.75 Å². The molecule has 0 atom stereocenters. The van der Waals surface area contributed by atoms with Gasteiger partial charge >= 0.3 is 5.97 Å². The number of halogens is 2. The zero-order chi connectivity index (χ0) is 28.2. The predicted molar refractivity (Wildman–Crippen MR) is 144 cm³/mol. The Morgan fingerprint density at radius 2 is 1.57 bits per heavy atom. The van der Waals surface area contributed by atoms with Crippen LogP contribution in [0.2, 0.25) is 0 Å². The first kappa shape index (κ1) is 26.4. The van der Waals surface area contributed by atoms with E-state index in [-0.39, 0.29) is 18.7 Å². The SMILES string of the molecule is COc1ccc2cc(-c3nn(-c4cc(F)cc(F)c4)cc3Oc3ccc(C(=O)NCCC(=O)O)cc3)ccc2c1. The largest absolute Gasteiger partial charge is 0.497 e. The summed E-state index contributed by atoms with van der Waals surface area (Å²) in [6, 6.07) is 20.7. The van der Waals surface area contributed by atoms with Crippen LogP contribution in [-0.2, 0) is 4.79 Å². The van der Waals surface area contributed by atoms with Crippen molar-refractivity contribution in [3.05, 3.63) is 102 Å². The monoisotopic (exact) mass is 543 g/mol. The highest BCUT2D eigenvalue weighted by Gasteiger charge is 2.17. The molecule has 0 aliphatic heterocycles. The van der Waals surface area contributed by atoms with Crippen molar-refractivity contribution < 1.29 is 33.0 Å². The maximum atomic E-state index is 14.0. The number of carboxylic acids is 1. The highest BCUT2D eigenvalue weighted by molar-refractivity contribution is 5.94. The standard InChI is InChI=1S/C30H23F2N3O5/c1-39-26-9-6-19-12-21(3-2-20(19)13-26)29-27(17-35(34-29)24-15-22(31)14-23(32)16-24)40-25-7-4-18(5-8-25)30(38)33-11-10-28(36)37/h2-9,12-17H,10-11H2,1H3,(H,33,38)(H,36,37). The summed E-state index contributed by atoms with van der Waals surface area (Å²) in [5.41, 5.74) is 1.64. The number of carbonyl (C=O) groups is 2. The number of carboxylic acid groups (broad SMARTS) is 1. The molecule has 0 saturated carbocycles. The number of hydrogen-bond acceptors (Lipinski definition) is 5. The van der Waals surface area contributed by atoms with E-state index >= 15 is 0 Å². The van der Waals surface area contributed by atoms with Gasteiger partial charge in [-0.2, -0.15) is 5.10 Å². The van der Waals surface area contributed by atoms with E-state index in [4.69, 9.17) is 14.6 Å². The first-order chi connectivity index (χ1) is 19.3. The lowest BCUT2D eigenvalue weighted by Crippen LogP contribution is -2.25. The summed E-state index contributed by atoms with van der Waals surface area (Å²) in [7, 11) is 1.60. The lowest BCUT2D eigenvalue weighted by Gasteiger charge is -2.08. The van der Waals surface area contributed by atoms with Crippen molar-refractivity contribution in [1.82, 2.24) is 15.1 Å². The van der Waals surface area contributed by atoms with Gasteiger partial charge in [0.05, 0.1) is 25.4 Å². The molecule has 0 radical (unpaired) electrons. The van der Waals surface area contributed by atoms with Crippen molar-refractivity contribution in [3.63, 3.8) is 0 Å². The van der Waals surface area contributed by atoms with Crippen LogP contribution in [0.25, 0.3) is 27.7 Å². The van der Waals surface area contributed by atoms with Crippen LogP contribution in [0.4, 0.5) is 8.78 Å². The third-order valence-electron chi connectivity index (χ3n) is 6.08. The molecule has 0 unspecified atom stereocenters. The minimum absolute atomic E-state index is 0.00811. The van der Waals surface area contributed by atoms with Gasteiger partial charge in [-0.25, -0.2) is 13.5 Å². The van der Waals surface area contributed by atoms with Gasteiger partial charge < -0.3 is 19.9 Å². The fraction of sp³-hybridized carbons (Fsp3) is 0.100. The summed E-state index contributed by atoms with van der Waals surface area (Å²) in [6.07, 6.45) is 1.34. The van der Waals surface area contributed by atoms with Crippen molar-refractivity contribution in [2.45, 2.75) is 6.42 Å². The number of aliphatic carboxylic acids is 1. The molecule has 0 fully saturated rings. The van der Waals surface area contributed by atoms with Crippen molar-refractivity contribution >= 4 is 22.6 Å². The number of fused-ring (bicyclic) bond motifs is 1. The molecule has 202 valence electrons. The molecule has 1 aromatic heterocycles. The topological polar surface area (TPSA) is 103 Å². The van der Waals surface area contributed by atoms with E-state index in [1.807, 2.05) is 36.4 Å². The molecule has 40 heavy (non-hydrogen) atoms. The van der Waals surface area contributed by atoms with Gasteiger partial charge in [0, 0.05) is 23.7 Å². The Bertz CT molecular complexity index is 1700. The van der Waals surface area contributed by atoms with Crippen molar-refractivity contribution in [2.75, 3.05) is 13.7 Å². The van der Waals surface area contributed by atoms with E-state index in [1.165, 1.54) is 10.9 Å². The number of hydrogen-bond donors (Lipinski definition) is 2. The second-order valence-corrected chi connectivity index (χ2v) is 8.87. The fourth-order valence-electron chi connectivity index (χ4n) is 4.12. The summed E-state index contributed by atoms with van der Waals surface area (Å²) in [5.74, 6) is -1.48. The van der Waals surface area contributed by atoms with Crippen LogP contribution in [0.3, 0.4) is 0 Å². The van der Waals surface area contributed by atoms with Crippen LogP contribution < -0.4 is 14.8 Å². The number of aromatic nitrogens is 2. The number of rotatable bonds is 9. The zero-order valence-corrected chi connectivity index (χ0v) is 21.2. The molecule has 0 aliphatic rings. The third-order valence-corrected chi connectivity index (χ3v) is 6.08. The fourth-order valence-corrected chi connectivity index (χ4v) is 4.12. The number of nitrogens with one attached hydrogen (secondary N) is 1. The quantitative estimate of drug-likeness (QED) is 0.237. The van der Waals surface area contributed by atoms with Gasteiger partial charge in [-0.15, -0.1) is 0 Å². The lowest BCUT2D eigenvalue weighted by atomic mass is 10.0. The molecule has 1 amide bonds. The minimum Gasteiger partial charge on any atom is -0.497 e. The van der Waals surface area contributed by atoms with Crippen molar-refractivity contribution in [3.8, 4) is 34.2 Å². The number of carbonyl (C=O) groups excluding carboxylic acids is 1. The summed E-state index contributed by atoms with van der Waals surface area (Å²) in [4.78, 5) is 22.9. The average molecular weight is 544 g/mol. The maximum Gasteiger partial charge on any atom is 0.305 e. The van der Waals surface area contributed by atoms with Crippen molar-refractivity contribution in [1.29, 1.82) is 0 Å². The zero-order valence-electron chi connectivity index (χ0n) is 21.2. The first-order valence-electron chi connectivity index (χ1n) is 12.2. The predicted octanol–water partition coefficient (Wildman–Crippen LogP) is 5.98. The first-order valence-corrected chi connectivity index (χ1v) is 12.2. The Kier molecular flexibility index (Phi) is 7.41. The molecular weight excluding hydrogens is 520 g/mol. The Morgan fingerprint density at radius 3 is 2.27 bits per heavy atom. The summed E-state index contributed by atoms with van der Waals surface area (Å²) >= 11 is 0. The number of ether oxygens (including phenoxy) is 2. The Balaban J connectivity index is 1.48. The Morgan fingerprint density at radius 1 is 0.900 bits per heavy atom. The van der Waals surface area contributed by atoms with Crippen molar-refractivity contribution in [2.24, 2.45) is 0 Å². The van der Waals surface area contributed by atoms with Crippen LogP contribution in [0.1, 0.15) is 16.8 Å². The molecule has 0 spiro atoms. The number of methoxy groups -OCH3 is 1. The highest BCUT2D eigenvalue weighted by Crippen LogP contribution is 2.35. The minimum atomic E-state index is -1.01. The summed E-state index contributed by atoms with van der Waals surface area (Å²) < 4.78 is 40.7. The van der Waals surface area contributed by atoms with Gasteiger partial charge in [-0.05, 0) is 65.4 Å². The molecule has 10 heteroatoms. The van der Waals surface area contributed by atoms with Gasteiger partial charge in [0.25, 0.3) is 5.91 Å². The summed E-state index contributed by atoms with van der Waals surface area (Å²) in [6.45, 7) is 0.00811. The van der Waals surface area contributed by atoms with E-state index < -0.39 is 23.5 Å². The smallest absolute Gasteiger partial charge is 0.305 e.